The van der Waals surface area contributed by atoms with Gasteiger partial charge in [0.15, 0.2) is 5.69 Å². The minimum atomic E-state index is 0.325. The molecule has 0 aliphatic heterocycles. The monoisotopic (exact) mass is 131 g/mol. The molecule has 1 aromatic rings. The third kappa shape index (κ3) is 1.17. The molecule has 0 fully saturated rings. The van der Waals surface area contributed by atoms with Crippen LogP contribution in [0.3, 0.4) is 0 Å². The Morgan fingerprint density at radius 3 is 2.70 bits per heavy atom. The number of nitriles is 1. The molecule has 0 unspecified atom stereocenters. The Balaban J connectivity index is 3.04. The smallest absolute Gasteiger partial charge is 0.163 e. The van der Waals surface area contributed by atoms with Crippen LogP contribution in [0.4, 0.5) is 0 Å². The van der Waals surface area contributed by atoms with E-state index in [9.17, 15) is 0 Å². The first-order valence-corrected chi connectivity index (χ1v) is 2.73. The van der Waals surface area contributed by atoms with Gasteiger partial charge in [-0.15, -0.1) is 10.2 Å². The van der Waals surface area contributed by atoms with Crippen LogP contribution >= 0.6 is 0 Å². The topological polar surface area (TPSA) is 49.6 Å². The Labute approximate surface area is 58.6 Å². The van der Waals surface area contributed by atoms with Gasteiger partial charge in [-0.2, -0.15) is 5.26 Å². The zero-order valence-corrected chi connectivity index (χ0v) is 5.28. The largest absolute Gasteiger partial charge is 0.191 e. The first kappa shape index (κ1) is 6.43. The number of hydrogen-bond acceptors (Lipinski definition) is 3. The summed E-state index contributed by atoms with van der Waals surface area (Å²) in [5.41, 5.74) is 1.00. The number of nitrogens with zero attached hydrogens (tertiary/aromatic N) is 3. The van der Waals surface area contributed by atoms with Crippen LogP contribution in [0, 0.1) is 11.3 Å². The number of aromatic nitrogens is 2. The molecule has 1 aromatic heterocycles. The fraction of sp³-hybridized carbons (Fsp3) is 0. The van der Waals surface area contributed by atoms with Crippen LogP contribution < -0.4 is 0 Å². The Kier molecular flexibility index (Phi) is 1.76. The maximum Gasteiger partial charge on any atom is 0.163 e. The molecule has 3 nitrogen and oxygen atoms in total. The van der Waals surface area contributed by atoms with Gasteiger partial charge in [0.25, 0.3) is 0 Å². The molecule has 1 heterocycles. The zero-order valence-electron chi connectivity index (χ0n) is 5.28. The summed E-state index contributed by atoms with van der Waals surface area (Å²) >= 11 is 0. The van der Waals surface area contributed by atoms with Crippen LogP contribution in [0.15, 0.2) is 18.7 Å². The summed E-state index contributed by atoms with van der Waals surface area (Å²) < 4.78 is 0. The lowest BCUT2D eigenvalue weighted by molar-refractivity contribution is 0.997. The molecule has 0 aromatic carbocycles. The van der Waals surface area contributed by atoms with Crippen LogP contribution in [-0.4, -0.2) is 10.2 Å². The lowest BCUT2D eigenvalue weighted by atomic mass is 10.3. The summed E-state index contributed by atoms with van der Waals surface area (Å²) in [6.07, 6.45) is 1.58. The highest BCUT2D eigenvalue weighted by Crippen LogP contribution is 1.94. The van der Waals surface area contributed by atoms with Crippen molar-refractivity contribution in [1.82, 2.24) is 10.2 Å². The van der Waals surface area contributed by atoms with Gasteiger partial charge < -0.3 is 0 Å². The van der Waals surface area contributed by atoms with Gasteiger partial charge in [-0.1, -0.05) is 6.58 Å². The van der Waals surface area contributed by atoms with Crippen LogP contribution in [0.2, 0.25) is 0 Å². The molecule has 0 aliphatic rings. The first-order valence-electron chi connectivity index (χ1n) is 2.73. The van der Waals surface area contributed by atoms with E-state index in [1.54, 1.807) is 18.2 Å². The second-order valence-corrected chi connectivity index (χ2v) is 1.66. The third-order valence-corrected chi connectivity index (χ3v) is 1.01. The van der Waals surface area contributed by atoms with Crippen molar-refractivity contribution in [1.29, 1.82) is 5.26 Å². The fourth-order valence-corrected chi connectivity index (χ4v) is 0.511. The average Bonchev–Trinajstić information content (AvgIpc) is 2.05. The van der Waals surface area contributed by atoms with Crippen molar-refractivity contribution in [2.45, 2.75) is 0 Å². The molecular weight excluding hydrogens is 126 g/mol. The van der Waals surface area contributed by atoms with Crippen molar-refractivity contribution in [3.8, 4) is 6.07 Å². The second kappa shape index (κ2) is 2.74. The van der Waals surface area contributed by atoms with E-state index in [1.165, 1.54) is 0 Å². The lowest BCUT2D eigenvalue weighted by Gasteiger charge is -1.87. The minimum absolute atomic E-state index is 0.325. The van der Waals surface area contributed by atoms with Crippen molar-refractivity contribution in [3.63, 3.8) is 0 Å². The molecule has 0 bridgehead atoms. The summed E-state index contributed by atoms with van der Waals surface area (Å²) in [6.45, 7) is 3.50. The molecule has 0 saturated carbocycles. The van der Waals surface area contributed by atoms with E-state index in [0.717, 1.165) is 0 Å². The van der Waals surface area contributed by atoms with Gasteiger partial charge in [0.1, 0.15) is 6.07 Å². The molecule has 0 aliphatic carbocycles. The molecule has 1 rings (SSSR count). The van der Waals surface area contributed by atoms with E-state index >= 15 is 0 Å². The van der Waals surface area contributed by atoms with Crippen LogP contribution in [0.25, 0.3) is 6.08 Å². The van der Waals surface area contributed by atoms with Gasteiger partial charge in [0, 0.05) is 0 Å². The van der Waals surface area contributed by atoms with Crippen molar-refractivity contribution in [2.24, 2.45) is 0 Å². The van der Waals surface area contributed by atoms with Crippen molar-refractivity contribution in [3.05, 3.63) is 30.1 Å². The van der Waals surface area contributed by atoms with Gasteiger partial charge in [-0.25, -0.2) is 0 Å². The van der Waals surface area contributed by atoms with Gasteiger partial charge in [0.05, 0.1) is 5.69 Å². The van der Waals surface area contributed by atoms with E-state index in [0.29, 0.717) is 11.4 Å². The van der Waals surface area contributed by atoms with Gasteiger partial charge in [0.2, 0.25) is 0 Å². The van der Waals surface area contributed by atoms with Crippen LogP contribution in [-0.2, 0) is 0 Å². The molecular formula is C7H5N3. The lowest BCUT2D eigenvalue weighted by Crippen LogP contribution is -1.88. The van der Waals surface area contributed by atoms with Crippen molar-refractivity contribution >= 4 is 6.08 Å². The van der Waals surface area contributed by atoms with E-state index in [2.05, 4.69) is 16.8 Å². The standard InChI is InChI=1S/C7H5N3/c1-2-6-3-4-7(5-8)10-9-6/h2-4H,1H2. The zero-order chi connectivity index (χ0) is 7.40. The Bertz CT molecular complexity index is 268. The van der Waals surface area contributed by atoms with E-state index in [4.69, 9.17) is 5.26 Å². The molecule has 0 radical (unpaired) electrons. The maximum atomic E-state index is 8.32. The normalized spacial score (nSPS) is 8.30. The Morgan fingerprint density at radius 2 is 2.30 bits per heavy atom. The highest BCUT2D eigenvalue weighted by atomic mass is 15.1. The molecule has 10 heavy (non-hydrogen) atoms. The summed E-state index contributed by atoms with van der Waals surface area (Å²) in [7, 11) is 0. The first-order chi connectivity index (χ1) is 4.86. The third-order valence-electron chi connectivity index (χ3n) is 1.01. The van der Waals surface area contributed by atoms with Crippen molar-refractivity contribution < 1.29 is 0 Å². The summed E-state index contributed by atoms with van der Waals surface area (Å²) in [4.78, 5) is 0. The van der Waals surface area contributed by atoms with Gasteiger partial charge in [-0.05, 0) is 18.2 Å². The highest BCUT2D eigenvalue weighted by molar-refractivity contribution is 5.40. The van der Waals surface area contributed by atoms with Crippen LogP contribution in [0.1, 0.15) is 11.4 Å². The second-order valence-electron chi connectivity index (χ2n) is 1.66. The molecule has 3 heteroatoms. The fourth-order valence-electron chi connectivity index (χ4n) is 0.511. The Morgan fingerprint density at radius 1 is 1.50 bits per heavy atom. The summed E-state index contributed by atoms with van der Waals surface area (Å²) in [5.74, 6) is 0. The highest BCUT2D eigenvalue weighted by Gasteiger charge is 1.90. The molecule has 0 spiro atoms. The number of hydrogen-bond donors (Lipinski definition) is 0. The Hall–Kier alpha value is -1.69. The summed E-state index contributed by atoms with van der Waals surface area (Å²) in [6, 6.07) is 5.16. The van der Waals surface area contributed by atoms with E-state index in [-0.39, 0.29) is 0 Å². The quantitative estimate of drug-likeness (QED) is 0.571. The average molecular weight is 131 g/mol. The minimum Gasteiger partial charge on any atom is -0.191 e. The van der Waals surface area contributed by atoms with E-state index < -0.39 is 0 Å². The summed E-state index contributed by atoms with van der Waals surface area (Å²) in [5, 5.41) is 15.6. The SMILES string of the molecule is C=Cc1ccc(C#N)nn1. The van der Waals surface area contributed by atoms with Crippen LogP contribution in [0.5, 0.6) is 0 Å². The predicted octanol–water partition coefficient (Wildman–Crippen LogP) is 0.991. The van der Waals surface area contributed by atoms with Crippen molar-refractivity contribution in [2.75, 3.05) is 0 Å². The maximum absolute atomic E-state index is 8.32. The molecule has 48 valence electrons. The van der Waals surface area contributed by atoms with Gasteiger partial charge in [-0.3, -0.25) is 0 Å². The predicted molar refractivity (Wildman–Crippen MR) is 36.8 cm³/mol. The number of rotatable bonds is 1. The molecule has 0 atom stereocenters. The van der Waals surface area contributed by atoms with Gasteiger partial charge >= 0.3 is 0 Å². The molecule has 0 saturated heterocycles. The van der Waals surface area contributed by atoms with E-state index in [1.807, 2.05) is 6.07 Å². The molecule has 0 N–H and O–H groups in total. The molecule has 0 amide bonds.